The average Bonchev–Trinajstić information content (AvgIpc) is 3.63. The fraction of sp³-hybridized carbons (Fsp3) is 0.0833. The first-order chi connectivity index (χ1) is 18.9. The number of carbonyl (C=O) groups is 2. The highest BCUT2D eigenvalue weighted by atomic mass is 32.1. The van der Waals surface area contributed by atoms with Crippen molar-refractivity contribution < 1.29 is 36.5 Å². The van der Waals surface area contributed by atoms with Gasteiger partial charge in [-0.05, 0) is 41.5 Å². The van der Waals surface area contributed by atoms with Crippen LogP contribution in [0.5, 0.6) is 0 Å². The Balaban J connectivity index is 1.55. The van der Waals surface area contributed by atoms with Crippen molar-refractivity contribution in [1.29, 1.82) is 0 Å². The maximum Gasteiger partial charge on any atom is 0.433 e. The van der Waals surface area contributed by atoms with E-state index in [4.69, 9.17) is 10.2 Å². The van der Waals surface area contributed by atoms with Crippen LogP contribution >= 0.6 is 11.3 Å². The molecule has 0 radical (unpaired) electrons. The van der Waals surface area contributed by atoms with E-state index >= 15 is 0 Å². The summed E-state index contributed by atoms with van der Waals surface area (Å²) in [6.07, 6.45) is -2.64. The molecule has 0 unspecified atom stereocenters. The Morgan fingerprint density at radius 1 is 1.18 bits per heavy atom. The predicted octanol–water partition coefficient (Wildman–Crippen LogP) is 5.22. The number of carbonyl (C=O) groups excluding carboxylic acids is 2. The molecule has 204 valence electrons. The number of furan rings is 1. The fourth-order valence-electron chi connectivity index (χ4n) is 3.85. The molecule has 0 saturated carbocycles. The second-order valence-electron chi connectivity index (χ2n) is 8.28. The normalized spacial score (nSPS) is 11.6. The molecule has 40 heavy (non-hydrogen) atoms. The number of anilines is 1. The number of nitrogens with two attached hydrogens (primary N) is 1. The first kappa shape index (κ1) is 26.5. The molecule has 11 nitrogen and oxygen atoms in total. The molecule has 4 aromatic heterocycles. The summed E-state index contributed by atoms with van der Waals surface area (Å²) >= 11 is 0.551. The topological polar surface area (TPSA) is 159 Å². The van der Waals surface area contributed by atoms with Crippen LogP contribution in [-0.4, -0.2) is 31.5 Å². The summed E-state index contributed by atoms with van der Waals surface area (Å²) in [5, 5.41) is 17.1. The van der Waals surface area contributed by atoms with Crippen molar-refractivity contribution in [1.82, 2.24) is 14.8 Å². The molecule has 0 fully saturated rings. The van der Waals surface area contributed by atoms with Gasteiger partial charge in [0.15, 0.2) is 5.76 Å². The number of fused-ring (bicyclic) bond motifs is 1. The molecule has 2 amide bonds. The highest BCUT2D eigenvalue weighted by molar-refractivity contribution is 7.21. The maximum atomic E-state index is 13.6. The first-order valence-electron chi connectivity index (χ1n) is 11.1. The minimum absolute atomic E-state index is 0.0117. The summed E-state index contributed by atoms with van der Waals surface area (Å²) in [4.78, 5) is 38.7. The van der Waals surface area contributed by atoms with Crippen molar-refractivity contribution in [3.63, 3.8) is 0 Å². The summed E-state index contributed by atoms with van der Waals surface area (Å²) in [5.74, 6) is -2.56. The van der Waals surface area contributed by atoms with Crippen LogP contribution in [0, 0.1) is 15.9 Å². The summed E-state index contributed by atoms with van der Waals surface area (Å²) < 4.78 is 61.2. The van der Waals surface area contributed by atoms with E-state index in [1.807, 2.05) is 0 Å². The molecule has 5 rings (SSSR count). The van der Waals surface area contributed by atoms with Gasteiger partial charge in [-0.15, -0.1) is 11.3 Å². The lowest BCUT2D eigenvalue weighted by atomic mass is 10.0. The van der Waals surface area contributed by atoms with Crippen LogP contribution in [0.3, 0.4) is 0 Å². The van der Waals surface area contributed by atoms with Gasteiger partial charge in [0.05, 0.1) is 17.2 Å². The molecule has 0 atom stereocenters. The van der Waals surface area contributed by atoms with E-state index in [0.29, 0.717) is 11.3 Å². The number of aromatic nitrogens is 3. The number of benzene rings is 1. The second kappa shape index (κ2) is 9.88. The Hall–Kier alpha value is -5.12. The second-order valence-corrected chi connectivity index (χ2v) is 9.28. The molecule has 16 heteroatoms. The standard InChI is InChI=1S/C24H14F4N6O5S/c25-12-3-1-11(2-4-12)15-7-17(24(26,27)28)31-23-18(15)19(20(40-23)21(29)35)32-22(36)16-6-5-14(39-16)10-33-9-13(8-30-33)34(37)38/h1-9H,10H2,(H2,29,35)(H,32,36). The van der Waals surface area contributed by atoms with E-state index in [-0.39, 0.29) is 55.7 Å². The summed E-state index contributed by atoms with van der Waals surface area (Å²) in [6.45, 7) is -0.0477. The van der Waals surface area contributed by atoms with Gasteiger partial charge in [0.1, 0.15) is 39.4 Å². The monoisotopic (exact) mass is 574 g/mol. The number of nitro groups is 1. The molecule has 1 aromatic carbocycles. The predicted molar refractivity (Wildman–Crippen MR) is 133 cm³/mol. The third kappa shape index (κ3) is 5.11. The van der Waals surface area contributed by atoms with Crippen LogP contribution in [0.4, 0.5) is 28.9 Å². The highest BCUT2D eigenvalue weighted by Crippen LogP contribution is 2.43. The third-order valence-corrected chi connectivity index (χ3v) is 6.70. The number of nitrogens with one attached hydrogen (secondary N) is 1. The van der Waals surface area contributed by atoms with Gasteiger partial charge in [0.2, 0.25) is 0 Å². The Labute approximate surface area is 224 Å². The van der Waals surface area contributed by atoms with E-state index in [2.05, 4.69) is 15.4 Å². The number of rotatable bonds is 7. The van der Waals surface area contributed by atoms with Crippen LogP contribution in [0.1, 0.15) is 31.7 Å². The molecule has 3 N–H and O–H groups in total. The molecule has 0 aliphatic carbocycles. The number of halogens is 4. The molecule has 0 aliphatic heterocycles. The Bertz CT molecular complexity index is 1790. The number of hydrogen-bond acceptors (Lipinski definition) is 8. The van der Waals surface area contributed by atoms with E-state index < -0.39 is 34.4 Å². The number of pyridine rings is 1. The summed E-state index contributed by atoms with van der Waals surface area (Å²) in [5.41, 5.74) is 3.87. The van der Waals surface area contributed by atoms with Crippen molar-refractivity contribution in [3.8, 4) is 11.1 Å². The minimum Gasteiger partial charge on any atom is -0.454 e. The lowest BCUT2D eigenvalue weighted by molar-refractivity contribution is -0.385. The first-order valence-corrected chi connectivity index (χ1v) is 11.9. The summed E-state index contributed by atoms with van der Waals surface area (Å²) in [6, 6.07) is 8.04. The van der Waals surface area contributed by atoms with Crippen molar-refractivity contribution in [2.75, 3.05) is 5.32 Å². The quantitative estimate of drug-likeness (QED) is 0.153. The third-order valence-electron chi connectivity index (χ3n) is 5.60. The van der Waals surface area contributed by atoms with Gasteiger partial charge in [-0.1, -0.05) is 12.1 Å². The Kier molecular flexibility index (Phi) is 6.54. The number of nitrogens with zero attached hydrogens (tertiary/aromatic N) is 4. The van der Waals surface area contributed by atoms with Gasteiger partial charge in [-0.25, -0.2) is 9.37 Å². The van der Waals surface area contributed by atoms with Gasteiger partial charge in [0.25, 0.3) is 11.8 Å². The molecule has 4 heterocycles. The zero-order chi connectivity index (χ0) is 28.8. The SMILES string of the molecule is NC(=O)c1sc2nc(C(F)(F)F)cc(-c3ccc(F)cc3)c2c1NC(=O)c1ccc(Cn2cc([N+](=O)[O-])cn2)o1. The number of hydrogen-bond donors (Lipinski definition) is 2. The largest absolute Gasteiger partial charge is 0.454 e. The van der Waals surface area contributed by atoms with E-state index in [1.165, 1.54) is 28.9 Å². The van der Waals surface area contributed by atoms with Crippen molar-refractivity contribution in [2.24, 2.45) is 5.73 Å². The Morgan fingerprint density at radius 2 is 1.90 bits per heavy atom. The molecule has 0 bridgehead atoms. The molecular formula is C24H14F4N6O5S. The molecular weight excluding hydrogens is 560 g/mol. The van der Waals surface area contributed by atoms with Crippen molar-refractivity contribution in [2.45, 2.75) is 12.7 Å². The Morgan fingerprint density at radius 3 is 2.52 bits per heavy atom. The molecule has 0 spiro atoms. The molecule has 5 aromatic rings. The van der Waals surface area contributed by atoms with Gasteiger partial charge < -0.3 is 15.5 Å². The smallest absolute Gasteiger partial charge is 0.433 e. The van der Waals surface area contributed by atoms with Crippen LogP contribution in [0.25, 0.3) is 21.3 Å². The van der Waals surface area contributed by atoms with E-state index in [1.54, 1.807) is 0 Å². The van der Waals surface area contributed by atoms with Crippen LogP contribution in [0.2, 0.25) is 0 Å². The zero-order valence-corrected chi connectivity index (χ0v) is 20.5. The molecule has 0 aliphatic rings. The highest BCUT2D eigenvalue weighted by Gasteiger charge is 2.35. The number of primary amides is 1. The lowest BCUT2D eigenvalue weighted by Gasteiger charge is -2.12. The van der Waals surface area contributed by atoms with Gasteiger partial charge in [-0.2, -0.15) is 18.3 Å². The van der Waals surface area contributed by atoms with E-state index in [9.17, 15) is 37.3 Å². The minimum atomic E-state index is -4.84. The van der Waals surface area contributed by atoms with Crippen molar-refractivity contribution in [3.05, 3.63) is 92.9 Å². The van der Waals surface area contributed by atoms with Crippen molar-refractivity contribution >= 4 is 44.7 Å². The number of amides is 2. The zero-order valence-electron chi connectivity index (χ0n) is 19.7. The fourth-order valence-corrected chi connectivity index (χ4v) is 4.85. The average molecular weight is 574 g/mol. The number of alkyl halides is 3. The van der Waals surface area contributed by atoms with Gasteiger partial charge >= 0.3 is 11.9 Å². The lowest BCUT2D eigenvalue weighted by Crippen LogP contribution is -2.16. The number of thiophene rings is 1. The summed E-state index contributed by atoms with van der Waals surface area (Å²) in [7, 11) is 0. The van der Waals surface area contributed by atoms with Crippen LogP contribution in [0.15, 0.2) is 59.3 Å². The molecule has 0 saturated heterocycles. The van der Waals surface area contributed by atoms with Gasteiger partial charge in [0, 0.05) is 5.39 Å². The van der Waals surface area contributed by atoms with Crippen LogP contribution in [-0.2, 0) is 12.7 Å². The maximum absolute atomic E-state index is 13.6. The van der Waals surface area contributed by atoms with Crippen LogP contribution < -0.4 is 11.1 Å². The van der Waals surface area contributed by atoms with Gasteiger partial charge in [-0.3, -0.25) is 24.4 Å². The van der Waals surface area contributed by atoms with E-state index in [0.717, 1.165) is 30.6 Å².